The van der Waals surface area contributed by atoms with Gasteiger partial charge in [-0.2, -0.15) is 0 Å². The molecule has 81 heavy (non-hydrogen) atoms. The summed E-state index contributed by atoms with van der Waals surface area (Å²) < 4.78 is 0. The van der Waals surface area contributed by atoms with Crippen LogP contribution in [0.15, 0.2) is 60.7 Å². The molecule has 0 spiro atoms. The zero-order valence-corrected chi connectivity index (χ0v) is 50.3. The largest absolute Gasteiger partial charge is 0.480 e. The van der Waals surface area contributed by atoms with E-state index in [1.807, 2.05) is 41.5 Å². The molecular weight excluding hydrogens is 1040 g/mol. The number of aliphatic carboxylic acids is 1. The van der Waals surface area contributed by atoms with Crippen LogP contribution in [0.1, 0.15) is 99.6 Å². The van der Waals surface area contributed by atoms with Gasteiger partial charge in [-0.05, 0) is 82.9 Å². The Bertz CT molecular complexity index is 2460. The molecule has 2 rings (SSSR count). The minimum absolute atomic E-state index is 0.0104. The normalized spacial score (nSPS) is 14.6. The van der Waals surface area contributed by atoms with Gasteiger partial charge < -0.3 is 61.5 Å². The van der Waals surface area contributed by atoms with Crippen LogP contribution in [0.5, 0.6) is 0 Å². The molecule has 23 heteroatoms. The number of carbonyl (C=O) groups is 11. The van der Waals surface area contributed by atoms with Crippen LogP contribution in [0.25, 0.3) is 0 Å². The van der Waals surface area contributed by atoms with E-state index in [2.05, 4.69) is 31.9 Å². The van der Waals surface area contributed by atoms with Crippen molar-refractivity contribution < 1.29 is 57.8 Å². The van der Waals surface area contributed by atoms with Gasteiger partial charge in [0.05, 0.1) is 12.6 Å². The lowest BCUT2D eigenvalue weighted by molar-refractivity contribution is -0.148. The number of nitrogens with one attached hydrogen (secondary N) is 6. The van der Waals surface area contributed by atoms with Crippen molar-refractivity contribution in [2.45, 2.75) is 156 Å². The summed E-state index contributed by atoms with van der Waals surface area (Å²) in [5.41, 5.74) is 1.37. The third kappa shape index (κ3) is 21.9. The molecule has 0 radical (unpaired) electrons. The number of carbonyl (C=O) groups excluding carboxylic acids is 10. The fraction of sp³-hybridized carbons (Fsp3) is 0.603. The quantitative estimate of drug-likeness (QED) is 0.0543. The van der Waals surface area contributed by atoms with Crippen molar-refractivity contribution in [2.24, 2.45) is 17.8 Å². The van der Waals surface area contributed by atoms with E-state index in [1.165, 1.54) is 70.7 Å². The first-order valence-corrected chi connectivity index (χ1v) is 27.6. The first-order valence-electron chi connectivity index (χ1n) is 27.6. The average Bonchev–Trinajstić information content (AvgIpc) is 3.43. The number of carboxylic acid groups (broad SMARTS) is 1. The Kier molecular flexibility index (Phi) is 28.7. The van der Waals surface area contributed by atoms with E-state index in [1.54, 1.807) is 74.6 Å². The van der Waals surface area contributed by atoms with E-state index < -0.39 is 127 Å². The molecule has 0 fully saturated rings. The zero-order valence-electron chi connectivity index (χ0n) is 50.3. The summed E-state index contributed by atoms with van der Waals surface area (Å²) in [7, 11) is 8.77. The van der Waals surface area contributed by atoms with Gasteiger partial charge in [-0.3, -0.25) is 52.7 Å². The highest BCUT2D eigenvalue weighted by Crippen LogP contribution is 2.18. The maximum absolute atomic E-state index is 14.4. The van der Waals surface area contributed by atoms with Crippen LogP contribution < -0.4 is 31.9 Å². The molecular formula is C58H91N11O12. The topological polar surface area (TPSA) is 296 Å². The third-order valence-electron chi connectivity index (χ3n) is 14.3. The highest BCUT2D eigenvalue weighted by molar-refractivity contribution is 5.98. The van der Waals surface area contributed by atoms with E-state index in [-0.39, 0.29) is 49.3 Å². The van der Waals surface area contributed by atoms with Gasteiger partial charge in [0.15, 0.2) is 0 Å². The molecule has 0 heterocycles. The van der Waals surface area contributed by atoms with Gasteiger partial charge >= 0.3 is 5.97 Å². The number of carboxylic acids is 1. The molecule has 10 amide bonds. The van der Waals surface area contributed by atoms with E-state index in [9.17, 15) is 52.7 Å². The van der Waals surface area contributed by atoms with Crippen molar-refractivity contribution in [1.29, 1.82) is 0 Å². The highest BCUT2D eigenvalue weighted by atomic mass is 16.4. The molecule has 0 unspecified atom stereocenters. The van der Waals surface area contributed by atoms with Crippen molar-refractivity contribution in [1.82, 2.24) is 56.4 Å². The number of hydrogen-bond acceptors (Lipinski definition) is 12. The van der Waals surface area contributed by atoms with Gasteiger partial charge in [0.1, 0.15) is 54.9 Å². The van der Waals surface area contributed by atoms with Crippen molar-refractivity contribution in [3.63, 3.8) is 0 Å². The Balaban J connectivity index is 2.33. The molecule has 450 valence electrons. The van der Waals surface area contributed by atoms with Crippen LogP contribution in [0.3, 0.4) is 0 Å². The van der Waals surface area contributed by atoms with Crippen LogP contribution in [0.4, 0.5) is 0 Å². The lowest BCUT2D eigenvalue weighted by Gasteiger charge is -2.35. The molecule has 0 aliphatic rings. The summed E-state index contributed by atoms with van der Waals surface area (Å²) in [5.74, 6) is -7.72. The Hall–Kier alpha value is -7.43. The molecule has 23 nitrogen and oxygen atoms in total. The van der Waals surface area contributed by atoms with E-state index >= 15 is 0 Å². The van der Waals surface area contributed by atoms with Crippen LogP contribution in [-0.2, 0) is 65.6 Å². The van der Waals surface area contributed by atoms with Gasteiger partial charge in [-0.1, -0.05) is 102 Å². The predicted molar refractivity (Wildman–Crippen MR) is 306 cm³/mol. The fourth-order valence-electron chi connectivity index (χ4n) is 8.88. The number of likely N-dealkylation sites (N-methyl/N-ethyl adjacent to an activating group) is 6. The van der Waals surface area contributed by atoms with Crippen LogP contribution >= 0.6 is 0 Å². The summed E-state index contributed by atoms with van der Waals surface area (Å²) in [5, 5.41) is 25.2. The monoisotopic (exact) mass is 1130 g/mol. The predicted octanol–water partition coefficient (Wildman–Crippen LogP) is 1.18. The molecule has 0 bridgehead atoms. The number of hydrogen-bond donors (Lipinski definition) is 7. The molecule has 9 atom stereocenters. The van der Waals surface area contributed by atoms with E-state index in [0.717, 1.165) is 9.80 Å². The Morgan fingerprint density at radius 2 is 0.852 bits per heavy atom. The highest BCUT2D eigenvalue weighted by Gasteiger charge is 2.39. The number of rotatable bonds is 32. The van der Waals surface area contributed by atoms with Crippen LogP contribution in [-0.4, -0.2) is 204 Å². The van der Waals surface area contributed by atoms with Gasteiger partial charge in [0.25, 0.3) is 0 Å². The van der Waals surface area contributed by atoms with Crippen LogP contribution in [0.2, 0.25) is 0 Å². The van der Waals surface area contributed by atoms with Gasteiger partial charge in [-0.15, -0.1) is 0 Å². The minimum atomic E-state index is -1.28. The molecule has 2 aromatic rings. The molecule has 0 aliphatic carbocycles. The molecule has 2 aromatic carbocycles. The Morgan fingerprint density at radius 1 is 0.420 bits per heavy atom. The second kappa shape index (κ2) is 33.4. The second-order valence-electron chi connectivity index (χ2n) is 22.2. The Morgan fingerprint density at radius 3 is 1.33 bits per heavy atom. The number of amides is 10. The summed E-state index contributed by atoms with van der Waals surface area (Å²) in [6.45, 7) is 16.1. The lowest BCUT2D eigenvalue weighted by atomic mass is 9.98. The smallest absolute Gasteiger partial charge is 0.322 e. The maximum atomic E-state index is 14.4. The van der Waals surface area contributed by atoms with E-state index in [4.69, 9.17) is 5.11 Å². The third-order valence-corrected chi connectivity index (χ3v) is 14.3. The fourth-order valence-corrected chi connectivity index (χ4v) is 8.88. The Labute approximate surface area is 478 Å². The number of benzene rings is 2. The van der Waals surface area contributed by atoms with Gasteiger partial charge in [0.2, 0.25) is 59.1 Å². The summed E-state index contributed by atoms with van der Waals surface area (Å²) in [6, 6.07) is 7.94. The second-order valence-corrected chi connectivity index (χ2v) is 22.2. The first kappa shape index (κ1) is 69.7. The van der Waals surface area contributed by atoms with Gasteiger partial charge in [0, 0.05) is 48.1 Å². The summed E-state index contributed by atoms with van der Waals surface area (Å²) in [4.78, 5) is 156. The lowest BCUT2D eigenvalue weighted by Crippen LogP contribution is -2.60. The average molecular weight is 1130 g/mol. The summed E-state index contributed by atoms with van der Waals surface area (Å²) in [6.07, 6.45) is 0.655. The van der Waals surface area contributed by atoms with Crippen molar-refractivity contribution in [3.8, 4) is 0 Å². The van der Waals surface area contributed by atoms with Crippen molar-refractivity contribution in [2.75, 3.05) is 55.4 Å². The van der Waals surface area contributed by atoms with E-state index in [0.29, 0.717) is 17.5 Å². The molecule has 0 aliphatic heterocycles. The summed E-state index contributed by atoms with van der Waals surface area (Å²) >= 11 is 0. The SMILES string of the molecule is CN[C@@H](C)C(=O)N(C)[C@@H](CC(C)C)C(=O)NCC(=O)N(C)[C@@H](C)C(=O)N(C)[C@@H](Cc1ccccc1)C(=O)N[C@@H](C)C(=O)N(C)[C@@H](CC(C)C)C(=O)N[C@@H](CC(C)C)C(=O)N(C)[C@@H](C)C(=O)N[C@@H](Cc1ccccc1)C(=O)NCC(=O)O. The standard InChI is InChI=1S/C58H91N11O12/c1-34(2)27-44(58(81)66(13)39(9)50(73)63-43(51(74)61-33-49(71)72)30-41-23-19-17-20-24-41)64-54(77)46(29-36(5)6)68(15)56(79)38(8)62-53(76)47(31-42-25-21-18-22-26-42)69(16)57(80)40(10)65(12)48(70)32-60-52(75)45(28-35(3)4)67(14)55(78)37(7)59-11/h17-26,34-40,43-47,59H,27-33H2,1-16H3,(H,60,75)(H,61,74)(H,62,76)(H,63,73)(H,64,77)(H,71,72)/t37-,38-,39-,40-,43-,44-,45-,46-,47-/m0/s1. The minimum Gasteiger partial charge on any atom is -0.480 e. The zero-order chi connectivity index (χ0) is 61.6. The molecule has 0 saturated carbocycles. The van der Waals surface area contributed by atoms with Crippen molar-refractivity contribution >= 4 is 65.0 Å². The van der Waals surface area contributed by atoms with Crippen LogP contribution in [0, 0.1) is 17.8 Å². The number of nitrogens with zero attached hydrogens (tertiary/aromatic N) is 5. The molecule has 7 N–H and O–H groups in total. The van der Waals surface area contributed by atoms with Crippen molar-refractivity contribution in [3.05, 3.63) is 71.8 Å². The molecule has 0 aromatic heterocycles. The first-order chi connectivity index (χ1) is 37.8. The molecule has 0 saturated heterocycles. The maximum Gasteiger partial charge on any atom is 0.322 e. The van der Waals surface area contributed by atoms with Gasteiger partial charge in [-0.25, -0.2) is 0 Å².